The molecule has 2 aromatic carbocycles. The molecule has 0 saturated heterocycles. The summed E-state index contributed by atoms with van der Waals surface area (Å²) in [5.41, 5.74) is 13.1. The Kier molecular flexibility index (Phi) is 32.8. The third kappa shape index (κ3) is 28.2. The number of fused-ring (bicyclic) bond motifs is 3. The van der Waals surface area contributed by atoms with Gasteiger partial charge in [0.05, 0.1) is 170 Å². The molecule has 2 bridgehead atoms. The van der Waals surface area contributed by atoms with Gasteiger partial charge in [-0.05, 0) is 80.0 Å². The van der Waals surface area contributed by atoms with Crippen molar-refractivity contribution in [3.8, 4) is 22.8 Å². The highest BCUT2D eigenvalue weighted by Gasteiger charge is 2.50. The van der Waals surface area contributed by atoms with Crippen molar-refractivity contribution in [2.45, 2.75) is 78.2 Å². The zero-order valence-electron chi connectivity index (χ0n) is 51.8. The molecule has 2 fully saturated rings. The molecule has 0 aliphatic heterocycles. The number of carbonyl (C=O) groups is 3. The predicted octanol–water partition coefficient (Wildman–Crippen LogP) is 3.83. The van der Waals surface area contributed by atoms with Crippen LogP contribution in [0.1, 0.15) is 83.0 Å². The molecule has 0 radical (unpaired) electrons. The number of rotatable bonds is 47. The van der Waals surface area contributed by atoms with E-state index in [-0.39, 0.29) is 96.7 Å². The first-order valence-corrected chi connectivity index (χ1v) is 30.4. The number of nitrogens with two attached hydrogens (primary N) is 3. The van der Waals surface area contributed by atoms with Gasteiger partial charge in [-0.2, -0.15) is 0 Å². The van der Waals surface area contributed by atoms with Crippen molar-refractivity contribution in [3.05, 3.63) is 70.1 Å². The number of phenolic OH excluding ortho intramolecular Hbond substituents is 2. The Morgan fingerprint density at radius 1 is 0.644 bits per heavy atom. The molecular weight excluding hydrogens is 1130 g/mol. The summed E-state index contributed by atoms with van der Waals surface area (Å²) in [6, 6.07) is 10.3. The number of nitrogens with zero attached hydrogens (tertiary/aromatic N) is 2. The Labute approximate surface area is 512 Å². The first kappa shape index (κ1) is 72.2. The molecule has 25 heteroatoms. The standard InChI is InChI=1S/C62H99N7O18/c1-60(2)40-47-41-61(3,45-60)46-62(4,42-47)67-55(72)11-17-76-24-29-82-33-35-85-32-28-81-22-16-69(65)44-50(64)43-68(56(73)12-18-77-23-25-78-19-13-63)15-21-80-27-31-84-36-38-86-37-34-83-30-26-79-20-14-66-59(75)49-7-5-48(6-8-49)54-39-53(71)51-9-10-52(70)57(74)58(51)87-54/h5-10,39,44,47,70,74H,11-38,40-43,45-46,63-65H2,1-4H3,(H,66,75)(H,67,72)/b50-44-. The van der Waals surface area contributed by atoms with Gasteiger partial charge < -0.3 is 98.7 Å². The molecule has 2 aliphatic carbocycles. The van der Waals surface area contributed by atoms with Gasteiger partial charge in [0, 0.05) is 60.7 Å². The maximum Gasteiger partial charge on any atom is 0.251 e. The lowest BCUT2D eigenvalue weighted by atomic mass is 9.52. The van der Waals surface area contributed by atoms with Crippen molar-refractivity contribution in [1.29, 1.82) is 0 Å². The molecule has 87 heavy (non-hydrogen) atoms. The van der Waals surface area contributed by atoms with Gasteiger partial charge in [0.25, 0.3) is 5.91 Å². The summed E-state index contributed by atoms with van der Waals surface area (Å²) in [4.78, 5) is 52.8. The molecule has 1 heterocycles. The van der Waals surface area contributed by atoms with Gasteiger partial charge in [-0.3, -0.25) is 19.2 Å². The van der Waals surface area contributed by atoms with Crippen LogP contribution in [-0.2, 0) is 61.7 Å². The molecule has 2 saturated carbocycles. The molecule has 3 aromatic rings. The SMILES string of the molecule is CC1(C)CC2CC(C)(C1)CC(C)(NC(=O)CCOCCOCCOCCOCCN(N)/C=C(\N)CN(CCOCCOCCOCCOCCOCCNC(=O)c1ccc(-c3cc(=O)c4ccc(O)c(O)c4o3)cc1)C(=O)CCOCCOCCN)C2. The van der Waals surface area contributed by atoms with Crippen molar-refractivity contribution in [3.63, 3.8) is 0 Å². The van der Waals surface area contributed by atoms with E-state index in [1.807, 2.05) is 0 Å². The van der Waals surface area contributed by atoms with Crippen LogP contribution in [0.2, 0.25) is 0 Å². The lowest BCUT2D eigenvalue weighted by Crippen LogP contribution is -2.56. The number of aromatic hydroxyl groups is 2. The van der Waals surface area contributed by atoms with Gasteiger partial charge in [-0.25, -0.2) is 5.84 Å². The maximum atomic E-state index is 13.2. The lowest BCUT2D eigenvalue weighted by molar-refractivity contribution is -0.133. The average molecular weight is 1230 g/mol. The van der Waals surface area contributed by atoms with Crippen LogP contribution in [0.4, 0.5) is 0 Å². The molecule has 25 nitrogen and oxygen atoms in total. The average Bonchev–Trinajstić information content (AvgIpc) is 1.38. The number of hydrogen-bond donors (Lipinski definition) is 7. The third-order valence-corrected chi connectivity index (χ3v) is 14.6. The molecule has 3 unspecified atom stereocenters. The fourth-order valence-electron chi connectivity index (χ4n) is 11.5. The topological polar surface area (TPSA) is 332 Å². The van der Waals surface area contributed by atoms with Crippen molar-refractivity contribution in [2.75, 3.05) is 178 Å². The summed E-state index contributed by atoms with van der Waals surface area (Å²) in [5, 5.41) is 27.6. The summed E-state index contributed by atoms with van der Waals surface area (Å²) < 4.78 is 67.2. The largest absolute Gasteiger partial charge is 0.504 e. The summed E-state index contributed by atoms with van der Waals surface area (Å²) in [6.45, 7) is 18.6. The molecule has 3 amide bonds. The van der Waals surface area contributed by atoms with E-state index < -0.39 is 11.5 Å². The minimum Gasteiger partial charge on any atom is -0.504 e. The second-order valence-electron chi connectivity index (χ2n) is 23.3. The Morgan fingerprint density at radius 2 is 1.16 bits per heavy atom. The molecule has 2 aliphatic rings. The monoisotopic (exact) mass is 1230 g/mol. The quantitative estimate of drug-likeness (QED) is 0.0183. The number of phenols is 2. The zero-order valence-corrected chi connectivity index (χ0v) is 51.8. The van der Waals surface area contributed by atoms with Crippen LogP contribution in [-0.4, -0.2) is 221 Å². The van der Waals surface area contributed by atoms with Gasteiger partial charge in [-0.1, -0.05) is 32.9 Å². The highest BCUT2D eigenvalue weighted by atomic mass is 16.6. The van der Waals surface area contributed by atoms with Crippen molar-refractivity contribution in [1.82, 2.24) is 20.5 Å². The third-order valence-electron chi connectivity index (χ3n) is 14.6. The lowest BCUT2D eigenvalue weighted by Gasteiger charge is -2.56. The Bertz CT molecular complexity index is 2570. The van der Waals surface area contributed by atoms with Gasteiger partial charge >= 0.3 is 0 Å². The Morgan fingerprint density at radius 3 is 1.72 bits per heavy atom. The summed E-state index contributed by atoms with van der Waals surface area (Å²) >= 11 is 0. The number of carbonyl (C=O) groups excluding carboxylic acids is 3. The molecule has 1 aromatic heterocycles. The number of hydrazine groups is 1. The molecule has 10 N–H and O–H groups in total. The Balaban J connectivity index is 0.820. The van der Waals surface area contributed by atoms with Crippen LogP contribution >= 0.6 is 0 Å². The van der Waals surface area contributed by atoms with E-state index in [1.165, 1.54) is 42.5 Å². The number of amides is 3. The van der Waals surface area contributed by atoms with Crippen LogP contribution < -0.4 is 33.4 Å². The number of benzene rings is 2. The molecule has 3 atom stereocenters. The summed E-state index contributed by atoms with van der Waals surface area (Å²) in [5.74, 6) is 5.66. The van der Waals surface area contributed by atoms with Crippen LogP contribution in [0.15, 0.2) is 63.6 Å². The van der Waals surface area contributed by atoms with Gasteiger partial charge in [0.1, 0.15) is 5.76 Å². The minimum atomic E-state index is -0.524. The van der Waals surface area contributed by atoms with Gasteiger partial charge in [0.15, 0.2) is 16.8 Å². The highest BCUT2D eigenvalue weighted by molar-refractivity contribution is 5.94. The van der Waals surface area contributed by atoms with E-state index >= 15 is 0 Å². The molecular formula is C62H99N7O18. The van der Waals surface area contributed by atoms with E-state index in [0.29, 0.717) is 173 Å². The number of nitrogens with one attached hydrogen (secondary N) is 2. The van der Waals surface area contributed by atoms with E-state index in [1.54, 1.807) is 35.4 Å². The van der Waals surface area contributed by atoms with Crippen LogP contribution in [0.25, 0.3) is 22.3 Å². The second kappa shape index (κ2) is 39.5. The molecule has 5 rings (SSSR count). The van der Waals surface area contributed by atoms with Crippen molar-refractivity contribution >= 4 is 28.7 Å². The van der Waals surface area contributed by atoms with E-state index in [9.17, 15) is 29.4 Å². The zero-order chi connectivity index (χ0) is 62.8. The van der Waals surface area contributed by atoms with E-state index in [4.69, 9.17) is 73.8 Å². The minimum absolute atomic E-state index is 0.0469. The Hall–Kier alpha value is -5.52. The van der Waals surface area contributed by atoms with Crippen molar-refractivity contribution in [2.24, 2.45) is 34.1 Å². The molecule has 490 valence electrons. The van der Waals surface area contributed by atoms with Crippen LogP contribution in [0, 0.1) is 16.7 Å². The van der Waals surface area contributed by atoms with Crippen molar-refractivity contribution < 1.29 is 81.1 Å². The van der Waals surface area contributed by atoms with Gasteiger partial charge in [-0.15, -0.1) is 0 Å². The first-order valence-electron chi connectivity index (χ1n) is 30.4. The number of hydrogen-bond acceptors (Lipinski definition) is 22. The second-order valence-corrected chi connectivity index (χ2v) is 23.3. The first-order chi connectivity index (χ1) is 41.9. The fraction of sp³-hybridized carbons (Fsp3) is 0.677. The van der Waals surface area contributed by atoms with Crippen LogP contribution in [0.3, 0.4) is 0 Å². The fourth-order valence-corrected chi connectivity index (χ4v) is 11.5. The number of ether oxygens (including phenoxy) is 11. The van der Waals surface area contributed by atoms with Crippen LogP contribution in [0.5, 0.6) is 11.5 Å². The summed E-state index contributed by atoms with van der Waals surface area (Å²) in [7, 11) is 0. The predicted molar refractivity (Wildman–Crippen MR) is 326 cm³/mol. The van der Waals surface area contributed by atoms with E-state index in [0.717, 1.165) is 12.8 Å². The molecule has 0 spiro atoms. The maximum absolute atomic E-state index is 13.2. The van der Waals surface area contributed by atoms with E-state index in [2.05, 4.69) is 38.3 Å². The smallest absolute Gasteiger partial charge is 0.251 e. The highest BCUT2D eigenvalue weighted by Crippen LogP contribution is 2.57. The normalized spacial score (nSPS) is 18.2. The summed E-state index contributed by atoms with van der Waals surface area (Å²) in [6.07, 6.45) is 7.80. The van der Waals surface area contributed by atoms with Gasteiger partial charge in [0.2, 0.25) is 17.6 Å².